The molecule has 0 aromatic heterocycles. The van der Waals surface area contributed by atoms with Crippen LogP contribution in [-0.2, 0) is 14.8 Å². The van der Waals surface area contributed by atoms with Gasteiger partial charge in [-0.1, -0.05) is 43.7 Å². The number of anilines is 1. The largest absolute Gasteiger partial charge is 0.491 e. The zero-order valence-corrected chi connectivity index (χ0v) is 18.5. The van der Waals surface area contributed by atoms with Crippen LogP contribution in [-0.4, -0.2) is 40.3 Å². The maximum Gasteiger partial charge on any atom is 0.240 e. The van der Waals surface area contributed by atoms with Crippen LogP contribution in [0.4, 0.5) is 5.69 Å². The molecule has 7 heteroatoms. The van der Waals surface area contributed by atoms with E-state index in [-0.39, 0.29) is 19.0 Å². The van der Waals surface area contributed by atoms with Crippen molar-refractivity contribution in [3.8, 4) is 5.75 Å². The number of hydrogen-bond acceptors (Lipinski definition) is 4. The van der Waals surface area contributed by atoms with Gasteiger partial charge in [-0.2, -0.15) is 0 Å². The van der Waals surface area contributed by atoms with Crippen molar-refractivity contribution in [2.45, 2.75) is 33.6 Å². The van der Waals surface area contributed by atoms with Crippen LogP contribution >= 0.6 is 0 Å². The summed E-state index contributed by atoms with van der Waals surface area (Å²) in [5.41, 5.74) is 3.77. The third kappa shape index (κ3) is 6.78. The second-order valence-electron chi connectivity index (χ2n) is 7.48. The average Bonchev–Trinajstić information content (AvgIpc) is 2.64. The predicted molar refractivity (Wildman–Crippen MR) is 117 cm³/mol. The fraction of sp³-hybridized carbons (Fsp3) is 0.409. The molecule has 2 rings (SSSR count). The van der Waals surface area contributed by atoms with Gasteiger partial charge in [-0.3, -0.25) is 9.10 Å². The third-order valence-electron chi connectivity index (χ3n) is 4.55. The summed E-state index contributed by atoms with van der Waals surface area (Å²) < 4.78 is 31.2. The van der Waals surface area contributed by atoms with E-state index >= 15 is 0 Å². The lowest BCUT2D eigenvalue weighted by atomic mass is 10.0. The lowest BCUT2D eigenvalue weighted by Gasteiger charge is -2.22. The lowest BCUT2D eigenvalue weighted by Crippen LogP contribution is -2.41. The maximum atomic E-state index is 12.3. The van der Waals surface area contributed by atoms with Gasteiger partial charge in [0.05, 0.1) is 18.5 Å². The molecule has 0 aliphatic carbocycles. The van der Waals surface area contributed by atoms with Gasteiger partial charge in [0, 0.05) is 0 Å². The highest BCUT2D eigenvalue weighted by atomic mass is 32.2. The Morgan fingerprint density at radius 2 is 1.76 bits per heavy atom. The highest BCUT2D eigenvalue weighted by Crippen LogP contribution is 2.22. The van der Waals surface area contributed by atoms with Gasteiger partial charge in [-0.05, 0) is 49.1 Å². The quantitative estimate of drug-likeness (QED) is 0.634. The van der Waals surface area contributed by atoms with Crippen LogP contribution in [0.5, 0.6) is 5.75 Å². The number of nitrogens with zero attached hydrogens (tertiary/aromatic N) is 1. The molecule has 158 valence electrons. The summed E-state index contributed by atoms with van der Waals surface area (Å²) in [4.78, 5) is 12.3. The molecular weight excluding hydrogens is 388 g/mol. The molecule has 0 radical (unpaired) electrons. The molecule has 2 aromatic carbocycles. The fourth-order valence-electron chi connectivity index (χ4n) is 2.92. The Morgan fingerprint density at radius 1 is 1.10 bits per heavy atom. The Bertz CT molecular complexity index is 938. The molecule has 0 aliphatic rings. The molecule has 1 amide bonds. The molecule has 0 unspecified atom stereocenters. The molecule has 1 N–H and O–H groups in total. The number of nitrogens with one attached hydrogen (secondary N) is 1. The minimum atomic E-state index is -3.59. The number of aryl methyl sites for hydroxylation is 2. The second-order valence-corrected chi connectivity index (χ2v) is 9.39. The zero-order valence-electron chi connectivity index (χ0n) is 17.7. The van der Waals surface area contributed by atoms with E-state index in [9.17, 15) is 13.2 Å². The molecule has 6 nitrogen and oxygen atoms in total. The van der Waals surface area contributed by atoms with Crippen LogP contribution in [0.15, 0.2) is 42.5 Å². The van der Waals surface area contributed by atoms with Crippen molar-refractivity contribution < 1.29 is 17.9 Å². The molecule has 0 spiro atoms. The molecule has 0 aliphatic heterocycles. The summed E-state index contributed by atoms with van der Waals surface area (Å²) in [6, 6.07) is 13.1. The SMILES string of the molecule is Cc1ccc(OCCNC(=O)CN(c2ccc(C(C)C)cc2)S(C)(=O)=O)c(C)c1. The number of amides is 1. The number of carbonyl (C=O) groups is 1. The molecule has 29 heavy (non-hydrogen) atoms. The van der Waals surface area contributed by atoms with E-state index in [4.69, 9.17) is 4.74 Å². The molecule has 0 heterocycles. The molecular formula is C22H30N2O4S. The number of carbonyl (C=O) groups excluding carboxylic acids is 1. The highest BCUT2D eigenvalue weighted by Gasteiger charge is 2.20. The van der Waals surface area contributed by atoms with E-state index in [1.54, 1.807) is 12.1 Å². The maximum absolute atomic E-state index is 12.3. The summed E-state index contributed by atoms with van der Waals surface area (Å²) in [5.74, 6) is 0.733. The van der Waals surface area contributed by atoms with Crippen LogP contribution in [0.25, 0.3) is 0 Å². The van der Waals surface area contributed by atoms with Crippen molar-refractivity contribution in [1.82, 2.24) is 5.32 Å². The number of sulfonamides is 1. The van der Waals surface area contributed by atoms with Gasteiger partial charge >= 0.3 is 0 Å². The minimum Gasteiger partial charge on any atom is -0.491 e. The molecule has 2 aromatic rings. The van der Waals surface area contributed by atoms with Gasteiger partial charge in [-0.25, -0.2) is 8.42 Å². The molecule has 0 fully saturated rings. The Hall–Kier alpha value is -2.54. The topological polar surface area (TPSA) is 75.7 Å². The Kier molecular flexibility index (Phi) is 7.67. The van der Waals surface area contributed by atoms with Crippen molar-refractivity contribution >= 4 is 21.6 Å². The number of rotatable bonds is 9. The summed E-state index contributed by atoms with van der Waals surface area (Å²) >= 11 is 0. The van der Waals surface area contributed by atoms with Gasteiger partial charge in [0.25, 0.3) is 0 Å². The summed E-state index contributed by atoms with van der Waals surface area (Å²) in [7, 11) is -3.59. The standard InChI is InChI=1S/C22H30N2O4S/c1-16(2)19-7-9-20(10-8-19)24(29(5,26)27)15-22(25)23-12-13-28-21-11-6-17(3)14-18(21)4/h6-11,14,16H,12-13,15H2,1-5H3,(H,23,25). The van der Waals surface area contributed by atoms with E-state index in [0.717, 1.165) is 33.0 Å². The van der Waals surface area contributed by atoms with Crippen LogP contribution in [0, 0.1) is 13.8 Å². The Morgan fingerprint density at radius 3 is 2.31 bits per heavy atom. The number of ether oxygens (including phenoxy) is 1. The van der Waals surface area contributed by atoms with Gasteiger partial charge in [0.1, 0.15) is 18.9 Å². The van der Waals surface area contributed by atoms with Crippen molar-refractivity contribution in [3.05, 3.63) is 59.2 Å². The Balaban J connectivity index is 1.93. The first-order chi connectivity index (χ1) is 13.6. The molecule has 0 saturated heterocycles. The van der Waals surface area contributed by atoms with Gasteiger partial charge in [0.15, 0.2) is 0 Å². The monoisotopic (exact) mass is 418 g/mol. The van der Waals surface area contributed by atoms with E-state index < -0.39 is 10.0 Å². The average molecular weight is 419 g/mol. The smallest absolute Gasteiger partial charge is 0.240 e. The molecule has 0 atom stereocenters. The predicted octanol–water partition coefficient (Wildman–Crippen LogP) is 3.39. The third-order valence-corrected chi connectivity index (χ3v) is 5.69. The van der Waals surface area contributed by atoms with Gasteiger partial charge in [-0.15, -0.1) is 0 Å². The fourth-order valence-corrected chi connectivity index (χ4v) is 3.78. The summed E-state index contributed by atoms with van der Waals surface area (Å²) in [6.07, 6.45) is 1.10. The van der Waals surface area contributed by atoms with Crippen molar-refractivity contribution in [2.24, 2.45) is 0 Å². The van der Waals surface area contributed by atoms with E-state index in [0.29, 0.717) is 18.2 Å². The molecule has 0 saturated carbocycles. The minimum absolute atomic E-state index is 0.274. The summed E-state index contributed by atoms with van der Waals surface area (Å²) in [5, 5.41) is 2.72. The van der Waals surface area contributed by atoms with Crippen LogP contribution < -0.4 is 14.4 Å². The Labute approximate surface area is 173 Å². The van der Waals surface area contributed by atoms with Crippen LogP contribution in [0.1, 0.15) is 36.5 Å². The summed E-state index contributed by atoms with van der Waals surface area (Å²) in [6.45, 7) is 8.43. The highest BCUT2D eigenvalue weighted by molar-refractivity contribution is 7.92. The lowest BCUT2D eigenvalue weighted by molar-refractivity contribution is -0.119. The first-order valence-corrected chi connectivity index (χ1v) is 11.5. The van der Waals surface area contributed by atoms with Crippen molar-refractivity contribution in [3.63, 3.8) is 0 Å². The van der Waals surface area contributed by atoms with E-state index in [1.807, 2.05) is 44.2 Å². The van der Waals surface area contributed by atoms with Gasteiger partial charge < -0.3 is 10.1 Å². The number of hydrogen-bond donors (Lipinski definition) is 1. The number of benzene rings is 2. The van der Waals surface area contributed by atoms with Crippen molar-refractivity contribution in [2.75, 3.05) is 30.3 Å². The van der Waals surface area contributed by atoms with Crippen LogP contribution in [0.3, 0.4) is 0 Å². The zero-order chi connectivity index (χ0) is 21.6. The second kappa shape index (κ2) is 9.78. The van der Waals surface area contributed by atoms with E-state index in [2.05, 4.69) is 19.2 Å². The first kappa shape index (κ1) is 22.7. The van der Waals surface area contributed by atoms with Crippen molar-refractivity contribution in [1.29, 1.82) is 0 Å². The molecule has 0 bridgehead atoms. The first-order valence-electron chi connectivity index (χ1n) is 9.62. The normalized spacial score (nSPS) is 11.4. The van der Waals surface area contributed by atoms with Crippen LogP contribution in [0.2, 0.25) is 0 Å². The van der Waals surface area contributed by atoms with Gasteiger partial charge in [0.2, 0.25) is 15.9 Å². The van der Waals surface area contributed by atoms with E-state index in [1.165, 1.54) is 0 Å².